The van der Waals surface area contributed by atoms with Crippen LogP contribution in [0.4, 0.5) is 15.8 Å². The van der Waals surface area contributed by atoms with Gasteiger partial charge < -0.3 is 9.80 Å². The Balaban J connectivity index is 1.70. The lowest BCUT2D eigenvalue weighted by Gasteiger charge is -2.35. The van der Waals surface area contributed by atoms with E-state index in [0.717, 1.165) is 12.5 Å². The fourth-order valence-corrected chi connectivity index (χ4v) is 3.12. The summed E-state index contributed by atoms with van der Waals surface area (Å²) in [6.45, 7) is 3.76. The van der Waals surface area contributed by atoms with Gasteiger partial charge in [0, 0.05) is 43.9 Å². The Morgan fingerprint density at radius 1 is 1.12 bits per heavy atom. The zero-order valence-electron chi connectivity index (χ0n) is 14.5. The standard InChI is InChI=1S/C19H20FN3O3/c1-2-14-3-5-15(6-4-14)19(24)22-11-9-21(10-12-22)18-13-16(20)7-8-17(18)23(25)26/h3-8,13H,2,9-12H2,1H3. The molecule has 0 spiro atoms. The maximum absolute atomic E-state index is 13.5. The van der Waals surface area contributed by atoms with Crippen LogP contribution in [-0.2, 0) is 6.42 Å². The number of carbonyl (C=O) groups excluding carboxylic acids is 1. The minimum Gasteiger partial charge on any atom is -0.362 e. The van der Waals surface area contributed by atoms with Crippen molar-refractivity contribution in [2.75, 3.05) is 31.1 Å². The first-order valence-electron chi connectivity index (χ1n) is 8.56. The zero-order chi connectivity index (χ0) is 18.7. The minimum atomic E-state index is -0.514. The molecule has 2 aromatic carbocycles. The lowest BCUT2D eigenvalue weighted by molar-refractivity contribution is -0.384. The Morgan fingerprint density at radius 2 is 1.77 bits per heavy atom. The molecule has 1 aliphatic heterocycles. The van der Waals surface area contributed by atoms with E-state index in [9.17, 15) is 19.3 Å². The van der Waals surface area contributed by atoms with Crippen LogP contribution in [0.5, 0.6) is 0 Å². The largest absolute Gasteiger partial charge is 0.362 e. The highest BCUT2D eigenvalue weighted by Crippen LogP contribution is 2.29. The van der Waals surface area contributed by atoms with E-state index < -0.39 is 10.7 Å². The predicted molar refractivity (Wildman–Crippen MR) is 97.0 cm³/mol. The number of nitro benzene ring substituents is 1. The average molecular weight is 357 g/mol. The van der Waals surface area contributed by atoms with Gasteiger partial charge in [0.05, 0.1) is 4.92 Å². The number of aryl methyl sites for hydroxylation is 1. The van der Waals surface area contributed by atoms with E-state index in [-0.39, 0.29) is 17.3 Å². The molecule has 0 saturated carbocycles. The van der Waals surface area contributed by atoms with E-state index in [0.29, 0.717) is 31.7 Å². The lowest BCUT2D eigenvalue weighted by Crippen LogP contribution is -2.49. The van der Waals surface area contributed by atoms with Crippen molar-refractivity contribution in [3.8, 4) is 0 Å². The molecular formula is C19H20FN3O3. The first-order valence-corrected chi connectivity index (χ1v) is 8.56. The summed E-state index contributed by atoms with van der Waals surface area (Å²) in [6, 6.07) is 11.0. The van der Waals surface area contributed by atoms with Crippen molar-refractivity contribution in [3.63, 3.8) is 0 Å². The first-order chi connectivity index (χ1) is 12.5. The minimum absolute atomic E-state index is 0.0546. The summed E-state index contributed by atoms with van der Waals surface area (Å²) < 4.78 is 13.5. The quantitative estimate of drug-likeness (QED) is 0.622. The maximum atomic E-state index is 13.5. The topological polar surface area (TPSA) is 66.7 Å². The summed E-state index contributed by atoms with van der Waals surface area (Å²) in [5.74, 6) is -0.568. The van der Waals surface area contributed by atoms with Crippen molar-refractivity contribution in [3.05, 3.63) is 69.5 Å². The van der Waals surface area contributed by atoms with Crippen molar-refractivity contribution >= 4 is 17.3 Å². The van der Waals surface area contributed by atoms with Crippen LogP contribution >= 0.6 is 0 Å². The van der Waals surface area contributed by atoms with E-state index in [1.54, 1.807) is 9.80 Å². The molecule has 6 nitrogen and oxygen atoms in total. The third-order valence-electron chi connectivity index (χ3n) is 4.65. The molecule has 1 fully saturated rings. The summed E-state index contributed by atoms with van der Waals surface area (Å²) in [4.78, 5) is 26.8. The lowest BCUT2D eigenvalue weighted by atomic mass is 10.1. The van der Waals surface area contributed by atoms with Gasteiger partial charge in [-0.2, -0.15) is 0 Å². The fraction of sp³-hybridized carbons (Fsp3) is 0.316. The van der Waals surface area contributed by atoms with E-state index in [2.05, 4.69) is 6.92 Å². The van der Waals surface area contributed by atoms with E-state index >= 15 is 0 Å². The second-order valence-electron chi connectivity index (χ2n) is 6.22. The Morgan fingerprint density at radius 3 is 2.35 bits per heavy atom. The van der Waals surface area contributed by atoms with Gasteiger partial charge in [0.2, 0.25) is 0 Å². The predicted octanol–water partition coefficient (Wildman–Crippen LogP) is 3.26. The molecule has 26 heavy (non-hydrogen) atoms. The van der Waals surface area contributed by atoms with E-state index in [1.165, 1.54) is 17.7 Å². The number of nitro groups is 1. The Kier molecular flexibility index (Phi) is 5.16. The number of hydrogen-bond acceptors (Lipinski definition) is 4. The van der Waals surface area contributed by atoms with Gasteiger partial charge >= 0.3 is 0 Å². The molecule has 1 heterocycles. The third-order valence-corrected chi connectivity index (χ3v) is 4.65. The number of halogens is 1. The molecule has 0 radical (unpaired) electrons. The summed E-state index contributed by atoms with van der Waals surface area (Å²) >= 11 is 0. The van der Waals surface area contributed by atoms with Gasteiger partial charge in [0.1, 0.15) is 11.5 Å². The monoisotopic (exact) mass is 357 g/mol. The second kappa shape index (κ2) is 7.51. The number of hydrogen-bond donors (Lipinski definition) is 0. The van der Waals surface area contributed by atoms with Crippen LogP contribution in [0.2, 0.25) is 0 Å². The Bertz CT molecular complexity index is 815. The first kappa shape index (κ1) is 17.8. The molecule has 7 heteroatoms. The van der Waals surface area contributed by atoms with Crippen molar-refractivity contribution in [1.29, 1.82) is 0 Å². The van der Waals surface area contributed by atoms with E-state index in [1.807, 2.05) is 24.3 Å². The van der Waals surface area contributed by atoms with Crippen LogP contribution in [0.3, 0.4) is 0 Å². The molecule has 1 saturated heterocycles. The Hall–Kier alpha value is -2.96. The summed E-state index contributed by atoms with van der Waals surface area (Å²) in [6.07, 6.45) is 0.916. The number of rotatable bonds is 4. The van der Waals surface area contributed by atoms with Crippen LogP contribution in [-0.4, -0.2) is 41.9 Å². The van der Waals surface area contributed by atoms with Crippen molar-refractivity contribution in [2.24, 2.45) is 0 Å². The molecule has 3 rings (SSSR count). The smallest absolute Gasteiger partial charge is 0.292 e. The van der Waals surface area contributed by atoms with Crippen LogP contribution in [0, 0.1) is 15.9 Å². The maximum Gasteiger partial charge on any atom is 0.292 e. The van der Waals surface area contributed by atoms with Gasteiger partial charge in [0.25, 0.3) is 11.6 Å². The zero-order valence-corrected chi connectivity index (χ0v) is 14.5. The van der Waals surface area contributed by atoms with Crippen molar-refractivity contribution < 1.29 is 14.1 Å². The van der Waals surface area contributed by atoms with Crippen LogP contribution in [0.1, 0.15) is 22.8 Å². The molecule has 0 N–H and O–H groups in total. The molecule has 0 atom stereocenters. The molecule has 0 bridgehead atoms. The summed E-state index contributed by atoms with van der Waals surface area (Å²) in [5, 5.41) is 11.2. The van der Waals surface area contributed by atoms with Gasteiger partial charge in [-0.3, -0.25) is 14.9 Å². The average Bonchev–Trinajstić information content (AvgIpc) is 2.67. The number of amides is 1. The van der Waals surface area contributed by atoms with Gasteiger partial charge in [-0.15, -0.1) is 0 Å². The molecule has 1 amide bonds. The normalized spacial score (nSPS) is 14.4. The highest BCUT2D eigenvalue weighted by Gasteiger charge is 2.26. The third kappa shape index (κ3) is 3.66. The number of nitrogens with zero attached hydrogens (tertiary/aromatic N) is 3. The molecule has 136 valence electrons. The highest BCUT2D eigenvalue weighted by atomic mass is 19.1. The van der Waals surface area contributed by atoms with E-state index in [4.69, 9.17) is 0 Å². The van der Waals surface area contributed by atoms with Crippen molar-refractivity contribution in [1.82, 2.24) is 4.90 Å². The summed E-state index contributed by atoms with van der Waals surface area (Å²) in [7, 11) is 0. The molecule has 0 unspecified atom stereocenters. The second-order valence-corrected chi connectivity index (χ2v) is 6.22. The summed E-state index contributed by atoms with van der Waals surface area (Å²) in [5.41, 5.74) is 1.94. The van der Waals surface area contributed by atoms with Gasteiger partial charge in [-0.25, -0.2) is 4.39 Å². The number of piperazine rings is 1. The number of anilines is 1. The van der Waals surface area contributed by atoms with Crippen LogP contribution in [0.25, 0.3) is 0 Å². The van der Waals surface area contributed by atoms with Crippen LogP contribution in [0.15, 0.2) is 42.5 Å². The molecule has 0 aliphatic carbocycles. The van der Waals surface area contributed by atoms with Gasteiger partial charge in [-0.05, 0) is 30.2 Å². The van der Waals surface area contributed by atoms with Crippen LogP contribution < -0.4 is 4.90 Å². The molecular weight excluding hydrogens is 337 g/mol. The SMILES string of the molecule is CCc1ccc(C(=O)N2CCN(c3cc(F)ccc3[N+](=O)[O-])CC2)cc1. The van der Waals surface area contributed by atoms with Gasteiger partial charge in [-0.1, -0.05) is 19.1 Å². The molecule has 1 aliphatic rings. The van der Waals surface area contributed by atoms with Gasteiger partial charge in [0.15, 0.2) is 0 Å². The number of carbonyl (C=O) groups is 1. The highest BCUT2D eigenvalue weighted by molar-refractivity contribution is 5.94. The Labute approximate surface area is 151 Å². The molecule has 0 aromatic heterocycles. The van der Waals surface area contributed by atoms with Crippen molar-refractivity contribution in [2.45, 2.75) is 13.3 Å². The number of benzene rings is 2. The molecule has 2 aromatic rings. The fourth-order valence-electron chi connectivity index (χ4n) is 3.12.